The van der Waals surface area contributed by atoms with Crippen molar-refractivity contribution in [3.05, 3.63) is 35.4 Å². The Balaban J connectivity index is 2.50. The van der Waals surface area contributed by atoms with Crippen LogP contribution >= 0.6 is 0 Å². The Morgan fingerprint density at radius 2 is 1.95 bits per heavy atom. The predicted octanol–water partition coefficient (Wildman–Crippen LogP) is 1.25. The van der Waals surface area contributed by atoms with E-state index in [1.165, 1.54) is 6.07 Å². The molecule has 0 aliphatic rings. The molecule has 0 atom stereocenters. The van der Waals surface area contributed by atoms with Gasteiger partial charge in [0.2, 0.25) is 10.0 Å². The number of halogens is 2. The first kappa shape index (κ1) is 15.5. The number of carboxylic acid groups (broad SMARTS) is 1. The van der Waals surface area contributed by atoms with Crippen molar-refractivity contribution in [2.75, 3.05) is 5.75 Å². The summed E-state index contributed by atoms with van der Waals surface area (Å²) in [4.78, 5) is 10.2. The van der Waals surface area contributed by atoms with Crippen LogP contribution in [0.25, 0.3) is 0 Å². The van der Waals surface area contributed by atoms with Gasteiger partial charge in [-0.1, -0.05) is 6.07 Å². The standard InChI is InChI=1S/C11H13F2NO4S/c12-9-4-3-8(6-10(9)13)7-14-19(17,18)5-1-2-11(15)16/h3-4,6,14H,1-2,5,7H2,(H,15,16). The van der Waals surface area contributed by atoms with E-state index in [4.69, 9.17) is 5.11 Å². The van der Waals surface area contributed by atoms with Crippen LogP contribution in [0.4, 0.5) is 8.78 Å². The van der Waals surface area contributed by atoms with E-state index in [9.17, 15) is 22.0 Å². The molecule has 0 heterocycles. The van der Waals surface area contributed by atoms with Crippen molar-refractivity contribution in [1.29, 1.82) is 0 Å². The van der Waals surface area contributed by atoms with Crippen LogP contribution < -0.4 is 4.72 Å². The number of hydrogen-bond acceptors (Lipinski definition) is 3. The lowest BCUT2D eigenvalue weighted by Crippen LogP contribution is -2.26. The van der Waals surface area contributed by atoms with Crippen molar-refractivity contribution in [2.45, 2.75) is 19.4 Å². The third-order valence-corrected chi connectivity index (χ3v) is 3.69. The molecule has 0 aliphatic carbocycles. The summed E-state index contributed by atoms with van der Waals surface area (Å²) in [5.41, 5.74) is 0.278. The maximum atomic E-state index is 12.9. The molecular formula is C11H13F2NO4S. The van der Waals surface area contributed by atoms with Crippen LogP contribution in [0.15, 0.2) is 18.2 Å². The first-order valence-electron chi connectivity index (χ1n) is 5.43. The van der Waals surface area contributed by atoms with E-state index in [0.29, 0.717) is 0 Å². The summed E-state index contributed by atoms with van der Waals surface area (Å²) >= 11 is 0. The molecule has 106 valence electrons. The molecule has 0 saturated carbocycles. The lowest BCUT2D eigenvalue weighted by atomic mass is 10.2. The minimum absolute atomic E-state index is 0.0115. The minimum Gasteiger partial charge on any atom is -0.481 e. The number of nitrogens with one attached hydrogen (secondary N) is 1. The first-order valence-corrected chi connectivity index (χ1v) is 7.08. The van der Waals surface area contributed by atoms with Crippen molar-refractivity contribution < 1.29 is 27.1 Å². The van der Waals surface area contributed by atoms with E-state index >= 15 is 0 Å². The van der Waals surface area contributed by atoms with Gasteiger partial charge in [0.25, 0.3) is 0 Å². The van der Waals surface area contributed by atoms with Crippen LogP contribution in [0.5, 0.6) is 0 Å². The Morgan fingerprint density at radius 3 is 2.53 bits per heavy atom. The molecule has 0 saturated heterocycles. The molecule has 0 aliphatic heterocycles. The van der Waals surface area contributed by atoms with Gasteiger partial charge in [-0.05, 0) is 24.1 Å². The number of carbonyl (C=O) groups is 1. The van der Waals surface area contributed by atoms with Gasteiger partial charge in [-0.3, -0.25) is 4.79 Å². The second-order valence-electron chi connectivity index (χ2n) is 3.89. The summed E-state index contributed by atoms with van der Waals surface area (Å²) in [6, 6.07) is 3.07. The fraction of sp³-hybridized carbons (Fsp3) is 0.364. The van der Waals surface area contributed by atoms with Crippen LogP contribution in [-0.4, -0.2) is 25.2 Å². The average Bonchev–Trinajstić information content (AvgIpc) is 2.30. The molecular weight excluding hydrogens is 280 g/mol. The lowest BCUT2D eigenvalue weighted by molar-refractivity contribution is -0.137. The van der Waals surface area contributed by atoms with E-state index in [1.54, 1.807) is 0 Å². The molecule has 1 aromatic carbocycles. The molecule has 0 amide bonds. The highest BCUT2D eigenvalue weighted by atomic mass is 32.2. The summed E-state index contributed by atoms with van der Waals surface area (Å²) in [6.07, 6.45) is -0.255. The van der Waals surface area contributed by atoms with E-state index in [0.717, 1.165) is 12.1 Å². The molecule has 0 spiro atoms. The number of sulfonamides is 1. The summed E-state index contributed by atoms with van der Waals surface area (Å²) in [5.74, 6) is -3.46. The van der Waals surface area contributed by atoms with E-state index < -0.39 is 27.6 Å². The van der Waals surface area contributed by atoms with Gasteiger partial charge in [-0.15, -0.1) is 0 Å². The minimum atomic E-state index is -3.63. The smallest absolute Gasteiger partial charge is 0.303 e. The van der Waals surface area contributed by atoms with Crippen LogP contribution in [0.3, 0.4) is 0 Å². The normalized spacial score (nSPS) is 11.5. The number of aliphatic carboxylic acids is 1. The van der Waals surface area contributed by atoms with Crippen LogP contribution in [-0.2, 0) is 21.4 Å². The molecule has 0 radical (unpaired) electrons. The van der Waals surface area contributed by atoms with Gasteiger partial charge in [0.15, 0.2) is 11.6 Å². The number of carboxylic acids is 1. The molecule has 0 aromatic heterocycles. The van der Waals surface area contributed by atoms with E-state index in [-0.39, 0.29) is 30.7 Å². The maximum absolute atomic E-state index is 12.9. The van der Waals surface area contributed by atoms with Crippen molar-refractivity contribution >= 4 is 16.0 Å². The fourth-order valence-corrected chi connectivity index (χ4v) is 2.38. The highest BCUT2D eigenvalue weighted by molar-refractivity contribution is 7.89. The van der Waals surface area contributed by atoms with E-state index in [2.05, 4.69) is 4.72 Å². The van der Waals surface area contributed by atoms with Gasteiger partial charge < -0.3 is 5.11 Å². The second kappa shape index (κ2) is 6.58. The number of hydrogen-bond donors (Lipinski definition) is 2. The predicted molar refractivity (Wildman–Crippen MR) is 63.9 cm³/mol. The molecule has 0 bridgehead atoms. The Kier molecular flexibility index (Phi) is 5.37. The molecule has 8 heteroatoms. The Bertz CT molecular complexity index is 560. The van der Waals surface area contributed by atoms with Crippen LogP contribution in [0.2, 0.25) is 0 Å². The summed E-state index contributed by atoms with van der Waals surface area (Å²) in [7, 11) is -3.63. The number of rotatable bonds is 7. The third-order valence-electron chi connectivity index (χ3n) is 2.28. The highest BCUT2D eigenvalue weighted by Gasteiger charge is 2.11. The zero-order chi connectivity index (χ0) is 14.5. The summed E-state index contributed by atoms with van der Waals surface area (Å²) in [6.45, 7) is -0.174. The molecule has 0 unspecified atom stereocenters. The summed E-state index contributed by atoms with van der Waals surface area (Å²) in [5, 5.41) is 8.38. The Labute approximate surface area is 109 Å². The quantitative estimate of drug-likeness (QED) is 0.792. The molecule has 0 fully saturated rings. The zero-order valence-corrected chi connectivity index (χ0v) is 10.7. The fourth-order valence-electron chi connectivity index (χ4n) is 1.33. The van der Waals surface area contributed by atoms with E-state index in [1.807, 2.05) is 0 Å². The second-order valence-corrected chi connectivity index (χ2v) is 5.81. The molecule has 1 aromatic rings. The third kappa shape index (κ3) is 5.75. The zero-order valence-electron chi connectivity index (χ0n) is 9.90. The Morgan fingerprint density at radius 1 is 1.26 bits per heavy atom. The highest BCUT2D eigenvalue weighted by Crippen LogP contribution is 2.08. The molecule has 19 heavy (non-hydrogen) atoms. The molecule has 1 rings (SSSR count). The van der Waals surface area contributed by atoms with Gasteiger partial charge in [-0.25, -0.2) is 21.9 Å². The maximum Gasteiger partial charge on any atom is 0.303 e. The monoisotopic (exact) mass is 293 g/mol. The molecule has 5 nitrogen and oxygen atoms in total. The van der Waals surface area contributed by atoms with Crippen LogP contribution in [0, 0.1) is 11.6 Å². The molecule has 2 N–H and O–H groups in total. The lowest BCUT2D eigenvalue weighted by Gasteiger charge is -2.06. The summed E-state index contributed by atoms with van der Waals surface area (Å²) < 4.78 is 50.6. The van der Waals surface area contributed by atoms with Gasteiger partial charge in [0, 0.05) is 13.0 Å². The SMILES string of the molecule is O=C(O)CCCS(=O)(=O)NCc1ccc(F)c(F)c1. The van der Waals surface area contributed by atoms with Gasteiger partial charge in [-0.2, -0.15) is 0 Å². The first-order chi connectivity index (χ1) is 8.80. The van der Waals surface area contributed by atoms with Crippen molar-refractivity contribution in [3.8, 4) is 0 Å². The van der Waals surface area contributed by atoms with Gasteiger partial charge >= 0.3 is 5.97 Å². The van der Waals surface area contributed by atoms with Gasteiger partial charge in [0.1, 0.15) is 0 Å². The Hall–Kier alpha value is -1.54. The van der Waals surface area contributed by atoms with Gasteiger partial charge in [0.05, 0.1) is 5.75 Å². The van der Waals surface area contributed by atoms with Crippen molar-refractivity contribution in [1.82, 2.24) is 4.72 Å². The van der Waals surface area contributed by atoms with Crippen molar-refractivity contribution in [2.24, 2.45) is 0 Å². The van der Waals surface area contributed by atoms with Crippen molar-refractivity contribution in [3.63, 3.8) is 0 Å². The largest absolute Gasteiger partial charge is 0.481 e. The number of benzene rings is 1. The topological polar surface area (TPSA) is 83.5 Å². The van der Waals surface area contributed by atoms with Crippen LogP contribution in [0.1, 0.15) is 18.4 Å². The average molecular weight is 293 g/mol.